The maximum Gasteiger partial charge on any atom is 0.352 e. The molecule has 0 aromatic rings. The molecule has 0 bridgehead atoms. The van der Waals surface area contributed by atoms with Crippen LogP contribution in [0.4, 0.5) is 0 Å². The van der Waals surface area contributed by atoms with Crippen LogP contribution in [0.1, 0.15) is 0 Å². The van der Waals surface area contributed by atoms with Gasteiger partial charge in [-0.3, -0.25) is 9.69 Å². The first-order valence-corrected chi connectivity index (χ1v) is 5.39. The van der Waals surface area contributed by atoms with E-state index in [1.54, 1.807) is 0 Å². The molecule has 2 heterocycles. The molecule has 0 aromatic heterocycles. The first-order valence-electron chi connectivity index (χ1n) is 4.34. The van der Waals surface area contributed by atoms with E-state index in [2.05, 4.69) is 0 Å². The van der Waals surface area contributed by atoms with Crippen LogP contribution >= 0.6 is 11.8 Å². The molecule has 0 aliphatic carbocycles. The van der Waals surface area contributed by atoms with E-state index in [-0.39, 0.29) is 47.2 Å². The Morgan fingerprint density at radius 2 is 2.25 bits per heavy atom. The minimum absolute atomic E-state index is 0. The zero-order chi connectivity index (χ0) is 11.2. The fraction of sp³-hybridized carbons (Fsp3) is 0.500. The summed E-state index contributed by atoms with van der Waals surface area (Å²) in [5.74, 6) is -1.18. The number of fused-ring (bicyclic) bond motifs is 1. The van der Waals surface area contributed by atoms with Gasteiger partial charge in [0.25, 0.3) is 0 Å². The number of rotatable bonds is 2. The van der Waals surface area contributed by atoms with Crippen LogP contribution in [-0.4, -0.2) is 80.3 Å². The van der Waals surface area contributed by atoms with E-state index < -0.39 is 17.9 Å². The third-order valence-electron chi connectivity index (χ3n) is 2.48. The van der Waals surface area contributed by atoms with Crippen molar-refractivity contribution < 1.29 is 19.8 Å². The Hall–Kier alpha value is -0.0500. The summed E-state index contributed by atoms with van der Waals surface area (Å²) >= 11 is 1.38. The molecular weight excluding hydrogens is 243 g/mol. The molecule has 1 fully saturated rings. The summed E-state index contributed by atoms with van der Waals surface area (Å²) in [6, 6.07) is -0.621. The summed E-state index contributed by atoms with van der Waals surface area (Å²) in [5.41, 5.74) is 5.80. The number of hydrogen-bond donors (Lipinski definition) is 3. The predicted molar refractivity (Wildman–Crippen MR) is 58.6 cm³/mol. The van der Waals surface area contributed by atoms with Crippen molar-refractivity contribution in [1.82, 2.24) is 4.90 Å². The molecule has 8 heteroatoms. The van der Waals surface area contributed by atoms with Crippen LogP contribution in [-0.2, 0) is 9.59 Å². The first kappa shape index (κ1) is 14.0. The molecule has 2 aliphatic rings. The van der Waals surface area contributed by atoms with Crippen LogP contribution < -0.4 is 5.73 Å². The largest absolute Gasteiger partial charge is 0.477 e. The van der Waals surface area contributed by atoms with Gasteiger partial charge in [-0.25, -0.2) is 4.79 Å². The Balaban J connectivity index is 0.00000128. The Morgan fingerprint density at radius 1 is 1.62 bits per heavy atom. The fourth-order valence-electron chi connectivity index (χ4n) is 1.70. The number of aliphatic carboxylic acids is 1. The molecule has 1 saturated heterocycles. The van der Waals surface area contributed by atoms with Crippen LogP contribution in [0.15, 0.2) is 11.3 Å². The number of β-lactam (4-membered cyclic amide) rings is 1. The van der Waals surface area contributed by atoms with Crippen molar-refractivity contribution in [3.63, 3.8) is 0 Å². The molecular formula is C8H10N2NaO4S. The number of carbonyl (C=O) groups is 2. The number of aliphatic hydroxyl groups is 1. The van der Waals surface area contributed by atoms with Crippen LogP contribution in [0.2, 0.25) is 0 Å². The van der Waals surface area contributed by atoms with Crippen LogP contribution in [0.25, 0.3) is 0 Å². The van der Waals surface area contributed by atoms with Gasteiger partial charge >= 0.3 is 5.97 Å². The quantitative estimate of drug-likeness (QED) is 0.395. The van der Waals surface area contributed by atoms with Gasteiger partial charge in [0.1, 0.15) is 17.1 Å². The monoisotopic (exact) mass is 253 g/mol. The van der Waals surface area contributed by atoms with Gasteiger partial charge in [0.15, 0.2) is 0 Å². The van der Waals surface area contributed by atoms with Crippen LogP contribution in [0.5, 0.6) is 0 Å². The second-order valence-corrected chi connectivity index (χ2v) is 4.46. The molecule has 2 atom stereocenters. The van der Waals surface area contributed by atoms with E-state index in [4.69, 9.17) is 15.9 Å². The van der Waals surface area contributed by atoms with E-state index >= 15 is 0 Å². The third-order valence-corrected chi connectivity index (χ3v) is 3.84. The summed E-state index contributed by atoms with van der Waals surface area (Å²) in [7, 11) is 0. The van der Waals surface area contributed by atoms with Crippen molar-refractivity contribution in [3.05, 3.63) is 11.3 Å². The number of thioether (sulfide) groups is 1. The van der Waals surface area contributed by atoms with Crippen molar-refractivity contribution in [2.24, 2.45) is 5.73 Å². The molecule has 6 nitrogen and oxygen atoms in total. The maximum absolute atomic E-state index is 11.4. The number of amides is 1. The molecule has 0 spiro atoms. The number of carbonyl (C=O) groups excluding carboxylic acids is 1. The predicted octanol–water partition coefficient (Wildman–Crippen LogP) is -1.82. The molecule has 2 unspecified atom stereocenters. The summed E-state index contributed by atoms with van der Waals surface area (Å²) in [6.45, 7) is -0.347. The Bertz CT molecular complexity index is 373. The maximum atomic E-state index is 11.4. The van der Waals surface area contributed by atoms with Crippen molar-refractivity contribution >= 4 is 53.2 Å². The minimum atomic E-state index is -1.19. The number of aliphatic hydroxyl groups excluding tert-OH is 1. The fourth-order valence-corrected chi connectivity index (χ4v) is 2.98. The number of carboxylic acids is 1. The van der Waals surface area contributed by atoms with Crippen molar-refractivity contribution in [3.8, 4) is 0 Å². The van der Waals surface area contributed by atoms with E-state index in [1.807, 2.05) is 0 Å². The first-order chi connectivity index (χ1) is 7.07. The Morgan fingerprint density at radius 3 is 2.75 bits per heavy atom. The minimum Gasteiger partial charge on any atom is -0.477 e. The number of carboxylic acid groups (broad SMARTS) is 1. The van der Waals surface area contributed by atoms with Gasteiger partial charge in [-0.2, -0.15) is 0 Å². The van der Waals surface area contributed by atoms with Crippen molar-refractivity contribution in [2.75, 3.05) is 12.4 Å². The van der Waals surface area contributed by atoms with Gasteiger partial charge in [-0.05, 0) is 5.57 Å². The van der Waals surface area contributed by atoms with Crippen molar-refractivity contribution in [1.29, 1.82) is 0 Å². The Labute approximate surface area is 118 Å². The number of nitrogens with zero attached hydrogens (tertiary/aromatic N) is 1. The topological polar surface area (TPSA) is 104 Å². The molecule has 2 aliphatic heterocycles. The summed E-state index contributed by atoms with van der Waals surface area (Å²) < 4.78 is 0. The summed E-state index contributed by atoms with van der Waals surface area (Å²) in [4.78, 5) is 23.5. The van der Waals surface area contributed by atoms with Gasteiger partial charge < -0.3 is 15.9 Å². The zero-order valence-electron chi connectivity index (χ0n) is 8.71. The van der Waals surface area contributed by atoms with Gasteiger partial charge in [0, 0.05) is 35.3 Å². The second-order valence-electron chi connectivity index (χ2n) is 3.35. The van der Waals surface area contributed by atoms with E-state index in [1.165, 1.54) is 11.8 Å². The Kier molecular flexibility index (Phi) is 4.44. The second kappa shape index (κ2) is 5.07. The summed E-state index contributed by atoms with van der Waals surface area (Å²) in [5, 5.41) is 17.6. The molecule has 1 radical (unpaired) electrons. The molecule has 83 valence electrons. The number of nitrogens with two attached hydrogens (primary N) is 1. The molecule has 16 heavy (non-hydrogen) atoms. The normalized spacial score (nSPS) is 28.1. The molecule has 2 rings (SSSR count). The average Bonchev–Trinajstić information content (AvgIpc) is 2.25. The third kappa shape index (κ3) is 1.92. The number of hydrogen-bond acceptors (Lipinski definition) is 5. The SMILES string of the molecule is NC1C(=O)N2C(C(=O)O)=C(CO)CSC12.[Na]. The molecule has 1 amide bonds. The smallest absolute Gasteiger partial charge is 0.352 e. The average molecular weight is 253 g/mol. The van der Waals surface area contributed by atoms with Gasteiger partial charge in [-0.15, -0.1) is 11.8 Å². The van der Waals surface area contributed by atoms with E-state index in [9.17, 15) is 9.59 Å². The zero-order valence-corrected chi connectivity index (χ0v) is 11.5. The summed E-state index contributed by atoms with van der Waals surface area (Å²) in [6.07, 6.45) is 0. The van der Waals surface area contributed by atoms with Gasteiger partial charge in [0.2, 0.25) is 5.91 Å². The van der Waals surface area contributed by atoms with Crippen molar-refractivity contribution in [2.45, 2.75) is 11.4 Å². The van der Waals surface area contributed by atoms with Crippen LogP contribution in [0, 0.1) is 0 Å². The standard InChI is InChI=1S/C8H10N2O4S.Na/c9-4-6(12)10-5(8(13)14)3(1-11)2-15-7(4)10;/h4,7,11H,1-2,9H2,(H,13,14);. The van der Waals surface area contributed by atoms with Gasteiger partial charge in [0.05, 0.1) is 6.61 Å². The van der Waals surface area contributed by atoms with E-state index in [0.29, 0.717) is 11.3 Å². The van der Waals surface area contributed by atoms with E-state index in [0.717, 1.165) is 4.90 Å². The molecule has 0 aromatic carbocycles. The van der Waals surface area contributed by atoms with Gasteiger partial charge in [-0.1, -0.05) is 0 Å². The van der Waals surface area contributed by atoms with Crippen LogP contribution in [0.3, 0.4) is 0 Å². The molecule has 4 N–H and O–H groups in total. The molecule has 0 saturated carbocycles.